The molecule has 4 heterocycles. The van der Waals surface area contributed by atoms with Gasteiger partial charge in [0.2, 0.25) is 0 Å². The van der Waals surface area contributed by atoms with Crippen molar-refractivity contribution in [3.63, 3.8) is 0 Å². The average molecular weight is 535 g/mol. The number of aromatic nitrogens is 2. The molecule has 39 heavy (non-hydrogen) atoms. The van der Waals surface area contributed by atoms with E-state index in [1.54, 1.807) is 0 Å². The zero-order valence-electron chi connectivity index (χ0n) is 21.2. The number of aromatic amines is 1. The van der Waals surface area contributed by atoms with E-state index < -0.39 is 0 Å². The lowest BCUT2D eigenvalue weighted by Gasteiger charge is -2.13. The quantitative estimate of drug-likeness (QED) is 0.228. The first-order chi connectivity index (χ1) is 19.2. The third kappa shape index (κ3) is 2.96. The fourth-order valence-electron chi connectivity index (χ4n) is 6.33. The molecule has 0 saturated heterocycles. The highest BCUT2D eigenvalue weighted by atomic mass is 32.1. The van der Waals surface area contributed by atoms with E-state index in [0.717, 1.165) is 0 Å². The molecule has 0 unspecified atom stereocenters. The molecule has 0 bridgehead atoms. The Morgan fingerprint density at radius 1 is 0.590 bits per heavy atom. The van der Waals surface area contributed by atoms with Gasteiger partial charge < -0.3 is 9.55 Å². The smallest absolute Gasteiger partial charge is 0.0727 e. The van der Waals surface area contributed by atoms with E-state index in [0.29, 0.717) is 0 Å². The molecule has 0 saturated carbocycles. The number of para-hydroxylation sites is 2. The molecule has 0 aliphatic heterocycles. The van der Waals surface area contributed by atoms with Gasteiger partial charge in [0.15, 0.2) is 0 Å². The second kappa shape index (κ2) is 7.82. The van der Waals surface area contributed by atoms with Gasteiger partial charge in [0.25, 0.3) is 0 Å². The predicted octanol–water partition coefficient (Wildman–Crippen LogP) is 10.8. The van der Waals surface area contributed by atoms with Gasteiger partial charge in [-0.05, 0) is 48.4 Å². The summed E-state index contributed by atoms with van der Waals surface area (Å²) in [6, 6.07) is 40.0. The first-order valence-corrected chi connectivity index (χ1v) is 14.8. The number of rotatable bonds is 2. The molecule has 184 valence electrons. The third-order valence-corrected chi connectivity index (χ3v) is 10.4. The van der Waals surface area contributed by atoms with Gasteiger partial charge in [0.1, 0.15) is 0 Å². The molecular weight excluding hydrogens is 513 g/mol. The fourth-order valence-corrected chi connectivity index (χ4v) is 8.75. The Balaban J connectivity index is 1.34. The molecule has 4 aromatic heterocycles. The summed E-state index contributed by atoms with van der Waals surface area (Å²) in [6.45, 7) is 2.21. The summed E-state index contributed by atoms with van der Waals surface area (Å²) >= 11 is 3.77. The van der Waals surface area contributed by atoms with Crippen molar-refractivity contribution < 1.29 is 0 Å². The molecule has 0 atom stereocenters. The van der Waals surface area contributed by atoms with Crippen LogP contribution in [0.4, 0.5) is 0 Å². The number of nitrogens with one attached hydrogen (secondary N) is 1. The van der Waals surface area contributed by atoms with Crippen molar-refractivity contribution in [1.82, 2.24) is 9.55 Å². The van der Waals surface area contributed by atoms with Crippen LogP contribution in [-0.2, 0) is 0 Å². The maximum Gasteiger partial charge on any atom is 0.0727 e. The van der Waals surface area contributed by atoms with E-state index in [1.807, 2.05) is 22.7 Å². The molecular formula is C35H22N2S2. The van der Waals surface area contributed by atoms with Gasteiger partial charge in [-0.1, -0.05) is 78.9 Å². The zero-order chi connectivity index (χ0) is 25.7. The lowest BCUT2D eigenvalue weighted by atomic mass is 10.00. The number of hydrogen-bond donors (Lipinski definition) is 1. The third-order valence-electron chi connectivity index (χ3n) is 7.97. The summed E-state index contributed by atoms with van der Waals surface area (Å²) in [5, 5.41) is 5.23. The predicted molar refractivity (Wildman–Crippen MR) is 171 cm³/mol. The maximum atomic E-state index is 3.83. The van der Waals surface area contributed by atoms with Crippen LogP contribution in [0, 0.1) is 6.92 Å². The monoisotopic (exact) mass is 534 g/mol. The molecule has 2 nitrogen and oxygen atoms in total. The van der Waals surface area contributed by atoms with E-state index in [1.165, 1.54) is 84.8 Å². The topological polar surface area (TPSA) is 20.7 Å². The molecule has 1 N–H and O–H groups in total. The van der Waals surface area contributed by atoms with Gasteiger partial charge in [-0.15, -0.1) is 22.7 Å². The molecule has 0 spiro atoms. The number of fused-ring (bicyclic) bond motifs is 10. The Bertz CT molecular complexity index is 2400. The van der Waals surface area contributed by atoms with Crippen LogP contribution in [-0.4, -0.2) is 9.55 Å². The van der Waals surface area contributed by atoms with Crippen molar-refractivity contribution in [2.24, 2.45) is 0 Å². The van der Waals surface area contributed by atoms with Crippen LogP contribution >= 0.6 is 22.7 Å². The average Bonchev–Trinajstić information content (AvgIpc) is 3.70. The van der Waals surface area contributed by atoms with Gasteiger partial charge in [-0.2, -0.15) is 0 Å². The van der Waals surface area contributed by atoms with E-state index in [4.69, 9.17) is 0 Å². The Morgan fingerprint density at radius 3 is 2.15 bits per heavy atom. The molecule has 5 aromatic carbocycles. The fraction of sp³-hybridized carbons (Fsp3) is 0.0286. The molecule has 0 radical (unpaired) electrons. The number of benzene rings is 5. The molecule has 0 aliphatic rings. The van der Waals surface area contributed by atoms with Gasteiger partial charge in [-0.25, -0.2) is 0 Å². The molecule has 9 aromatic rings. The number of thiophene rings is 2. The minimum atomic E-state index is 1.20. The highest BCUT2D eigenvalue weighted by molar-refractivity contribution is 7.27. The van der Waals surface area contributed by atoms with Crippen molar-refractivity contribution in [1.29, 1.82) is 0 Å². The summed E-state index contributed by atoms with van der Waals surface area (Å²) in [4.78, 5) is 3.83. The number of H-pyrrole nitrogens is 1. The molecule has 0 fully saturated rings. The van der Waals surface area contributed by atoms with Crippen LogP contribution in [0.15, 0.2) is 109 Å². The molecule has 9 rings (SSSR count). The normalized spacial score (nSPS) is 12.2. The second-order valence-corrected chi connectivity index (χ2v) is 12.4. The lowest BCUT2D eigenvalue weighted by molar-refractivity contribution is 1.18. The molecule has 0 aliphatic carbocycles. The Hall–Kier alpha value is -4.38. The van der Waals surface area contributed by atoms with Crippen molar-refractivity contribution in [2.75, 3.05) is 0 Å². The van der Waals surface area contributed by atoms with Gasteiger partial charge >= 0.3 is 0 Å². The van der Waals surface area contributed by atoms with Crippen molar-refractivity contribution in [3.8, 4) is 16.8 Å². The maximum absolute atomic E-state index is 3.83. The van der Waals surface area contributed by atoms with Gasteiger partial charge in [-0.3, -0.25) is 0 Å². The van der Waals surface area contributed by atoms with E-state index in [9.17, 15) is 0 Å². The standard InChI is InChI=1S/C35H22N2S2/c1-20-17-21(23-12-8-13-27-31(23)36-32-25-10-3-6-15-29(25)38-34(27)32)19-22(18-20)37-28-14-5-2-9-24(28)35-33(37)26-11-4-7-16-30(26)39-35/h2-19,36H,1H3. The van der Waals surface area contributed by atoms with E-state index in [-0.39, 0.29) is 0 Å². The van der Waals surface area contributed by atoms with Crippen LogP contribution in [0.1, 0.15) is 5.56 Å². The van der Waals surface area contributed by atoms with Gasteiger partial charge in [0.05, 0.1) is 31.5 Å². The second-order valence-electron chi connectivity index (χ2n) is 10.3. The first kappa shape index (κ1) is 21.5. The Kier molecular flexibility index (Phi) is 4.32. The van der Waals surface area contributed by atoms with Crippen LogP contribution in [0.5, 0.6) is 0 Å². The number of hydrogen-bond acceptors (Lipinski definition) is 2. The Morgan fingerprint density at radius 2 is 1.28 bits per heavy atom. The van der Waals surface area contributed by atoms with Crippen molar-refractivity contribution >= 4 is 85.1 Å². The minimum absolute atomic E-state index is 1.20. The number of nitrogens with zero attached hydrogens (tertiary/aromatic N) is 1. The van der Waals surface area contributed by atoms with E-state index in [2.05, 4.69) is 126 Å². The van der Waals surface area contributed by atoms with Crippen LogP contribution in [0.25, 0.3) is 79.2 Å². The van der Waals surface area contributed by atoms with Crippen LogP contribution in [0.2, 0.25) is 0 Å². The minimum Gasteiger partial charge on any atom is -0.353 e. The van der Waals surface area contributed by atoms with Gasteiger partial charge in [0, 0.05) is 42.2 Å². The summed E-state index contributed by atoms with van der Waals surface area (Å²) in [5.41, 5.74) is 9.95. The summed E-state index contributed by atoms with van der Waals surface area (Å²) in [7, 11) is 0. The highest BCUT2D eigenvalue weighted by Crippen LogP contribution is 2.44. The van der Waals surface area contributed by atoms with E-state index >= 15 is 0 Å². The summed E-state index contributed by atoms with van der Waals surface area (Å²) < 4.78 is 7.83. The number of aryl methyl sites for hydroxylation is 1. The largest absolute Gasteiger partial charge is 0.353 e. The molecule has 0 amide bonds. The van der Waals surface area contributed by atoms with Crippen LogP contribution < -0.4 is 0 Å². The van der Waals surface area contributed by atoms with Crippen molar-refractivity contribution in [2.45, 2.75) is 6.92 Å². The summed E-state index contributed by atoms with van der Waals surface area (Å²) in [6.07, 6.45) is 0. The first-order valence-electron chi connectivity index (χ1n) is 13.2. The molecule has 4 heteroatoms. The Labute approximate surface area is 232 Å². The summed E-state index contributed by atoms with van der Waals surface area (Å²) in [5.74, 6) is 0. The zero-order valence-corrected chi connectivity index (χ0v) is 22.8. The van der Waals surface area contributed by atoms with Crippen molar-refractivity contribution in [3.05, 3.63) is 115 Å². The lowest BCUT2D eigenvalue weighted by Crippen LogP contribution is -1.96. The van der Waals surface area contributed by atoms with Crippen LogP contribution in [0.3, 0.4) is 0 Å². The highest BCUT2D eigenvalue weighted by Gasteiger charge is 2.19. The SMILES string of the molecule is Cc1cc(-c2cccc3c2[nH]c2c4ccccc4sc32)cc(-n2c3ccccc3c3sc4ccccc4c32)c1.